The second-order valence-electron chi connectivity index (χ2n) is 5.34. The first-order valence-corrected chi connectivity index (χ1v) is 7.05. The number of rotatable bonds is 2. The number of para-hydroxylation sites is 2. The predicted octanol–water partition coefficient (Wildman–Crippen LogP) is 2.70. The van der Waals surface area contributed by atoms with Crippen molar-refractivity contribution in [2.75, 3.05) is 5.32 Å². The van der Waals surface area contributed by atoms with Crippen molar-refractivity contribution in [3.63, 3.8) is 0 Å². The number of fused-ring (bicyclic) bond motifs is 2. The van der Waals surface area contributed by atoms with E-state index < -0.39 is 6.10 Å². The van der Waals surface area contributed by atoms with Gasteiger partial charge in [-0.2, -0.15) is 0 Å². The quantitative estimate of drug-likeness (QED) is 0.756. The lowest BCUT2D eigenvalue weighted by Crippen LogP contribution is -2.21. The van der Waals surface area contributed by atoms with Gasteiger partial charge in [0.25, 0.3) is 0 Å². The van der Waals surface area contributed by atoms with Crippen LogP contribution in [-0.4, -0.2) is 21.2 Å². The first-order chi connectivity index (χ1) is 10.3. The second-order valence-corrected chi connectivity index (χ2v) is 5.34. The number of aliphatic hydroxyl groups excluding tert-OH is 1. The van der Waals surface area contributed by atoms with E-state index in [0.717, 1.165) is 16.6 Å². The van der Waals surface area contributed by atoms with Crippen molar-refractivity contribution < 1.29 is 5.11 Å². The first kappa shape index (κ1) is 12.3. The molecule has 4 heteroatoms. The Morgan fingerprint density at radius 3 is 2.67 bits per heavy atom. The maximum absolute atomic E-state index is 10.3. The van der Waals surface area contributed by atoms with Gasteiger partial charge in [-0.1, -0.05) is 36.4 Å². The van der Waals surface area contributed by atoms with Crippen LogP contribution in [0.4, 0.5) is 5.82 Å². The van der Waals surface area contributed by atoms with E-state index in [2.05, 4.69) is 27.4 Å². The van der Waals surface area contributed by atoms with E-state index >= 15 is 0 Å². The number of benzene rings is 2. The molecule has 1 aliphatic rings. The van der Waals surface area contributed by atoms with Gasteiger partial charge < -0.3 is 10.4 Å². The number of hydrogen-bond donors (Lipinski definition) is 2. The fourth-order valence-electron chi connectivity index (χ4n) is 2.93. The lowest BCUT2D eigenvalue weighted by molar-refractivity contribution is 0.165. The Bertz CT molecular complexity index is 803. The highest BCUT2D eigenvalue weighted by atomic mass is 16.3. The summed E-state index contributed by atoms with van der Waals surface area (Å²) in [6.07, 6.45) is 1.96. The van der Waals surface area contributed by atoms with Crippen LogP contribution in [0.1, 0.15) is 17.2 Å². The molecule has 2 unspecified atom stereocenters. The number of aliphatic hydroxyl groups is 1. The molecular weight excluding hydrogens is 262 g/mol. The average Bonchev–Trinajstić information content (AvgIpc) is 2.83. The van der Waals surface area contributed by atoms with E-state index in [0.29, 0.717) is 12.2 Å². The minimum Gasteiger partial charge on any atom is -0.390 e. The van der Waals surface area contributed by atoms with Crippen molar-refractivity contribution in [1.29, 1.82) is 0 Å². The second kappa shape index (κ2) is 4.82. The minimum absolute atomic E-state index is 0.128. The lowest BCUT2D eigenvalue weighted by Gasteiger charge is -2.18. The van der Waals surface area contributed by atoms with Gasteiger partial charge in [0.2, 0.25) is 0 Å². The molecule has 0 spiro atoms. The van der Waals surface area contributed by atoms with Crippen LogP contribution >= 0.6 is 0 Å². The van der Waals surface area contributed by atoms with Gasteiger partial charge in [-0.05, 0) is 23.3 Å². The van der Waals surface area contributed by atoms with Crippen LogP contribution in [0, 0.1) is 0 Å². The van der Waals surface area contributed by atoms with Crippen LogP contribution in [0.15, 0.2) is 54.7 Å². The Morgan fingerprint density at radius 2 is 1.76 bits per heavy atom. The summed E-state index contributed by atoms with van der Waals surface area (Å²) < 4.78 is 0. The van der Waals surface area contributed by atoms with E-state index in [9.17, 15) is 5.11 Å². The summed E-state index contributed by atoms with van der Waals surface area (Å²) in [6.45, 7) is 0. The smallest absolute Gasteiger partial charge is 0.145 e. The highest BCUT2D eigenvalue weighted by Crippen LogP contribution is 2.33. The zero-order valence-corrected chi connectivity index (χ0v) is 11.4. The summed E-state index contributed by atoms with van der Waals surface area (Å²) in [7, 11) is 0. The van der Waals surface area contributed by atoms with Gasteiger partial charge in [0, 0.05) is 6.42 Å². The molecule has 2 atom stereocenters. The molecule has 2 N–H and O–H groups in total. The molecule has 0 saturated carbocycles. The van der Waals surface area contributed by atoms with Gasteiger partial charge >= 0.3 is 0 Å². The van der Waals surface area contributed by atoms with Crippen LogP contribution in [0.3, 0.4) is 0 Å². The maximum Gasteiger partial charge on any atom is 0.145 e. The molecule has 1 aromatic heterocycles. The fourth-order valence-corrected chi connectivity index (χ4v) is 2.93. The molecule has 0 saturated heterocycles. The molecule has 21 heavy (non-hydrogen) atoms. The monoisotopic (exact) mass is 277 g/mol. The molecule has 4 rings (SSSR count). The van der Waals surface area contributed by atoms with Crippen LogP contribution in [-0.2, 0) is 6.42 Å². The average molecular weight is 277 g/mol. The van der Waals surface area contributed by atoms with E-state index in [-0.39, 0.29) is 6.04 Å². The summed E-state index contributed by atoms with van der Waals surface area (Å²) in [5.74, 6) is 0.689. The highest BCUT2D eigenvalue weighted by molar-refractivity contribution is 5.75. The number of anilines is 1. The molecule has 3 aromatic rings. The Kier molecular flexibility index (Phi) is 2.82. The molecule has 0 amide bonds. The molecule has 1 aliphatic carbocycles. The molecule has 0 aliphatic heterocycles. The maximum atomic E-state index is 10.3. The lowest BCUT2D eigenvalue weighted by atomic mass is 10.1. The standard InChI is InChI=1S/C17H15N3O/c21-15-9-11-5-1-2-6-12(11)17(15)20-16-10-18-13-7-3-4-8-14(13)19-16/h1-8,10,15,17,21H,9H2,(H,19,20). The molecule has 2 aromatic carbocycles. The molecule has 104 valence electrons. The molecule has 4 nitrogen and oxygen atoms in total. The van der Waals surface area contributed by atoms with Gasteiger partial charge in [-0.15, -0.1) is 0 Å². The van der Waals surface area contributed by atoms with Gasteiger partial charge in [0.15, 0.2) is 0 Å². The molecule has 0 radical (unpaired) electrons. The molecular formula is C17H15N3O. The summed E-state index contributed by atoms with van der Waals surface area (Å²) in [5.41, 5.74) is 4.05. The summed E-state index contributed by atoms with van der Waals surface area (Å²) in [5, 5.41) is 13.6. The predicted molar refractivity (Wildman–Crippen MR) is 82.1 cm³/mol. The van der Waals surface area contributed by atoms with Crippen molar-refractivity contribution in [3.8, 4) is 0 Å². The van der Waals surface area contributed by atoms with E-state index in [1.165, 1.54) is 5.56 Å². The molecule has 1 heterocycles. The van der Waals surface area contributed by atoms with Crippen LogP contribution in [0.5, 0.6) is 0 Å². The topological polar surface area (TPSA) is 58.0 Å². The third kappa shape index (κ3) is 2.14. The molecule has 0 bridgehead atoms. The van der Waals surface area contributed by atoms with Gasteiger partial charge in [0.1, 0.15) is 5.82 Å². The Hall–Kier alpha value is -2.46. The first-order valence-electron chi connectivity index (χ1n) is 7.05. The highest BCUT2D eigenvalue weighted by Gasteiger charge is 2.30. The van der Waals surface area contributed by atoms with E-state index in [1.807, 2.05) is 36.4 Å². The van der Waals surface area contributed by atoms with E-state index in [4.69, 9.17) is 0 Å². The largest absolute Gasteiger partial charge is 0.390 e. The van der Waals surface area contributed by atoms with Crippen molar-refractivity contribution in [2.45, 2.75) is 18.6 Å². The third-order valence-electron chi connectivity index (χ3n) is 3.96. The number of hydrogen-bond acceptors (Lipinski definition) is 4. The third-order valence-corrected chi connectivity index (χ3v) is 3.96. The van der Waals surface area contributed by atoms with Crippen LogP contribution in [0.2, 0.25) is 0 Å². The number of nitrogens with one attached hydrogen (secondary N) is 1. The Labute approximate surface area is 122 Å². The van der Waals surface area contributed by atoms with Gasteiger partial charge in [0.05, 0.1) is 29.4 Å². The Morgan fingerprint density at radius 1 is 1.00 bits per heavy atom. The number of nitrogens with zero attached hydrogens (tertiary/aromatic N) is 2. The normalized spacial score (nSPS) is 20.4. The van der Waals surface area contributed by atoms with Crippen molar-refractivity contribution in [3.05, 3.63) is 65.9 Å². The summed E-state index contributed by atoms with van der Waals surface area (Å²) in [6, 6.07) is 15.8. The van der Waals surface area contributed by atoms with E-state index in [1.54, 1.807) is 6.20 Å². The zero-order valence-electron chi connectivity index (χ0n) is 11.4. The molecule has 0 fully saturated rings. The summed E-state index contributed by atoms with van der Waals surface area (Å²) >= 11 is 0. The minimum atomic E-state index is -0.435. The van der Waals surface area contributed by atoms with Crippen LogP contribution < -0.4 is 5.32 Å². The van der Waals surface area contributed by atoms with Crippen molar-refractivity contribution >= 4 is 16.9 Å². The SMILES string of the molecule is OC1Cc2ccccc2C1Nc1cnc2ccccc2n1. The summed E-state index contributed by atoms with van der Waals surface area (Å²) in [4.78, 5) is 8.96. The van der Waals surface area contributed by atoms with Crippen molar-refractivity contribution in [2.24, 2.45) is 0 Å². The van der Waals surface area contributed by atoms with Crippen molar-refractivity contribution in [1.82, 2.24) is 9.97 Å². The van der Waals surface area contributed by atoms with Crippen LogP contribution in [0.25, 0.3) is 11.0 Å². The number of aromatic nitrogens is 2. The van der Waals surface area contributed by atoms with Gasteiger partial charge in [-0.3, -0.25) is 4.98 Å². The zero-order chi connectivity index (χ0) is 14.2. The Balaban J connectivity index is 1.68. The van der Waals surface area contributed by atoms with Gasteiger partial charge in [-0.25, -0.2) is 4.98 Å². The fraction of sp³-hybridized carbons (Fsp3) is 0.176.